The van der Waals surface area contributed by atoms with Gasteiger partial charge in [-0.25, -0.2) is 5.06 Å². The average molecular weight is 711 g/mol. The summed E-state index contributed by atoms with van der Waals surface area (Å²) >= 11 is 0. The van der Waals surface area contributed by atoms with E-state index in [1.807, 2.05) is 0 Å². The number of nitrogens with zero attached hydrogens (tertiary/aromatic N) is 2. The molecule has 0 radical (unpaired) electrons. The number of hydroxylamine groups is 2. The summed E-state index contributed by atoms with van der Waals surface area (Å²) in [5.74, 6) is -0.111. The molecule has 0 heterocycles. The monoisotopic (exact) mass is 711 g/mol. The number of hydrogen-bond acceptors (Lipinski definition) is 7. The lowest BCUT2D eigenvalue weighted by Crippen LogP contribution is -2.33. The summed E-state index contributed by atoms with van der Waals surface area (Å²) in [6.07, 6.45) is 30.6. The molecule has 0 saturated heterocycles. The van der Waals surface area contributed by atoms with E-state index in [0.29, 0.717) is 26.0 Å². The van der Waals surface area contributed by atoms with Gasteiger partial charge in [0.25, 0.3) is 0 Å². The summed E-state index contributed by atoms with van der Waals surface area (Å²) in [5.41, 5.74) is 0. The van der Waals surface area contributed by atoms with E-state index in [-0.39, 0.29) is 23.9 Å². The van der Waals surface area contributed by atoms with Crippen LogP contribution in [-0.4, -0.2) is 73.8 Å². The van der Waals surface area contributed by atoms with Crippen LogP contribution in [0.2, 0.25) is 0 Å². The largest absolute Gasteiger partial charge is 0.466 e. The van der Waals surface area contributed by atoms with Crippen LogP contribution in [-0.2, 0) is 28.7 Å². The van der Waals surface area contributed by atoms with E-state index in [4.69, 9.17) is 14.3 Å². The van der Waals surface area contributed by atoms with Crippen molar-refractivity contribution in [2.24, 2.45) is 0 Å². The van der Waals surface area contributed by atoms with Crippen molar-refractivity contribution in [2.75, 3.05) is 39.9 Å². The molecule has 0 aliphatic rings. The van der Waals surface area contributed by atoms with E-state index < -0.39 is 0 Å². The van der Waals surface area contributed by atoms with E-state index in [9.17, 15) is 14.4 Å². The van der Waals surface area contributed by atoms with Crippen molar-refractivity contribution in [1.29, 1.82) is 0 Å². The number of esters is 2. The first-order valence-corrected chi connectivity index (χ1v) is 21.3. The summed E-state index contributed by atoms with van der Waals surface area (Å²) < 4.78 is 11.3. The standard InChI is InChI=1S/C42H82N2O6/c1-6-9-12-14-21-28-38-49-41(46)32-24-17-15-19-26-34-43(36-29-37-44(48-5)39(4)45)35-27-20-16-18-25-33-42(47)50-40(30-22-11-8-3)31-23-13-10-7-2/h40H,6-38H2,1-5H3. The van der Waals surface area contributed by atoms with Gasteiger partial charge in [-0.2, -0.15) is 0 Å². The van der Waals surface area contributed by atoms with E-state index in [0.717, 1.165) is 129 Å². The smallest absolute Gasteiger partial charge is 0.306 e. The first-order valence-electron chi connectivity index (χ1n) is 21.3. The Morgan fingerprint density at radius 1 is 0.500 bits per heavy atom. The maximum absolute atomic E-state index is 12.6. The highest BCUT2D eigenvalue weighted by Crippen LogP contribution is 2.17. The second kappa shape index (κ2) is 37.1. The number of carbonyl (C=O) groups is 3. The Balaban J connectivity index is 4.29. The average Bonchev–Trinajstić information content (AvgIpc) is 3.10. The predicted octanol–water partition coefficient (Wildman–Crippen LogP) is 11.1. The van der Waals surface area contributed by atoms with Gasteiger partial charge in [-0.1, -0.05) is 124 Å². The van der Waals surface area contributed by atoms with Crippen molar-refractivity contribution in [3.05, 3.63) is 0 Å². The molecule has 0 N–H and O–H groups in total. The van der Waals surface area contributed by atoms with E-state index >= 15 is 0 Å². The van der Waals surface area contributed by atoms with Crippen LogP contribution in [0.1, 0.15) is 207 Å². The third-order valence-electron chi connectivity index (χ3n) is 9.69. The Bertz CT molecular complexity index is 779. The van der Waals surface area contributed by atoms with Crippen molar-refractivity contribution in [3.8, 4) is 0 Å². The maximum Gasteiger partial charge on any atom is 0.306 e. The molecule has 1 atom stereocenters. The topological polar surface area (TPSA) is 85.4 Å². The second-order valence-electron chi connectivity index (χ2n) is 14.5. The van der Waals surface area contributed by atoms with Crippen LogP contribution < -0.4 is 0 Å². The van der Waals surface area contributed by atoms with Crippen LogP contribution >= 0.6 is 0 Å². The van der Waals surface area contributed by atoms with Gasteiger partial charge in [-0.15, -0.1) is 0 Å². The molecule has 0 rings (SSSR count). The number of rotatable bonds is 38. The molecule has 0 aromatic rings. The summed E-state index contributed by atoms with van der Waals surface area (Å²) in [7, 11) is 1.55. The lowest BCUT2D eigenvalue weighted by atomic mass is 10.0. The molecule has 0 bridgehead atoms. The zero-order valence-corrected chi connectivity index (χ0v) is 33.8. The van der Waals surface area contributed by atoms with E-state index in [1.165, 1.54) is 69.8 Å². The maximum atomic E-state index is 12.6. The molecule has 8 nitrogen and oxygen atoms in total. The lowest BCUT2D eigenvalue weighted by Gasteiger charge is -2.24. The number of unbranched alkanes of at least 4 members (excludes halogenated alkanes) is 18. The van der Waals surface area contributed by atoms with Crippen LogP contribution in [0.3, 0.4) is 0 Å². The Kier molecular flexibility index (Phi) is 35.9. The van der Waals surface area contributed by atoms with Gasteiger partial charge in [0.1, 0.15) is 6.10 Å². The van der Waals surface area contributed by atoms with Crippen molar-refractivity contribution in [2.45, 2.75) is 214 Å². The molecular formula is C42H82N2O6. The minimum absolute atomic E-state index is 0.00717. The van der Waals surface area contributed by atoms with Crippen LogP contribution in [0, 0.1) is 0 Å². The fourth-order valence-electron chi connectivity index (χ4n) is 6.49. The highest BCUT2D eigenvalue weighted by atomic mass is 16.7. The lowest BCUT2D eigenvalue weighted by molar-refractivity contribution is -0.173. The number of amides is 1. The van der Waals surface area contributed by atoms with Gasteiger partial charge in [0.2, 0.25) is 5.91 Å². The Morgan fingerprint density at radius 2 is 0.940 bits per heavy atom. The minimum Gasteiger partial charge on any atom is -0.466 e. The van der Waals surface area contributed by atoms with Gasteiger partial charge < -0.3 is 14.4 Å². The third-order valence-corrected chi connectivity index (χ3v) is 9.69. The minimum atomic E-state index is -0.0618. The van der Waals surface area contributed by atoms with E-state index in [2.05, 4.69) is 25.7 Å². The van der Waals surface area contributed by atoms with Crippen LogP contribution in [0.5, 0.6) is 0 Å². The molecule has 0 fully saturated rings. The number of hydrogen-bond donors (Lipinski definition) is 0. The Hall–Kier alpha value is -1.67. The molecule has 0 aromatic heterocycles. The highest BCUT2D eigenvalue weighted by Gasteiger charge is 2.14. The van der Waals surface area contributed by atoms with Crippen molar-refractivity contribution in [1.82, 2.24) is 9.96 Å². The van der Waals surface area contributed by atoms with Crippen molar-refractivity contribution >= 4 is 17.8 Å². The SMILES string of the molecule is CCCCCCCCOC(=O)CCCCCCCN(CCCCCCCC(=O)OC(CCCCC)CCCCCC)CCCN(OC)C(C)=O. The quantitative estimate of drug-likeness (QED) is 0.0358. The molecule has 50 heavy (non-hydrogen) atoms. The summed E-state index contributed by atoms with van der Waals surface area (Å²) in [5, 5.41) is 1.43. The zero-order valence-electron chi connectivity index (χ0n) is 33.8. The first kappa shape index (κ1) is 48.3. The Morgan fingerprint density at radius 3 is 1.50 bits per heavy atom. The fraction of sp³-hybridized carbons (Fsp3) is 0.929. The van der Waals surface area contributed by atoms with Gasteiger partial charge >= 0.3 is 11.9 Å². The third kappa shape index (κ3) is 32.3. The molecule has 0 aliphatic heterocycles. The van der Waals surface area contributed by atoms with E-state index in [1.54, 1.807) is 7.11 Å². The normalized spacial score (nSPS) is 12.0. The van der Waals surface area contributed by atoms with Gasteiger partial charge in [0.05, 0.1) is 13.7 Å². The second-order valence-corrected chi connectivity index (χ2v) is 14.5. The van der Waals surface area contributed by atoms with Crippen LogP contribution in [0.4, 0.5) is 0 Å². The van der Waals surface area contributed by atoms with Gasteiger partial charge in [0, 0.05) is 26.3 Å². The molecule has 296 valence electrons. The molecule has 0 aromatic carbocycles. The summed E-state index contributed by atoms with van der Waals surface area (Å²) in [6.45, 7) is 12.4. The van der Waals surface area contributed by atoms with Crippen molar-refractivity contribution in [3.63, 3.8) is 0 Å². The molecule has 1 unspecified atom stereocenters. The molecule has 0 saturated carbocycles. The van der Waals surface area contributed by atoms with Crippen LogP contribution in [0.25, 0.3) is 0 Å². The van der Waals surface area contributed by atoms with Crippen molar-refractivity contribution < 1.29 is 28.7 Å². The fourth-order valence-corrected chi connectivity index (χ4v) is 6.49. The Labute approximate surface area is 309 Å². The predicted molar refractivity (Wildman–Crippen MR) is 208 cm³/mol. The van der Waals surface area contributed by atoms with Gasteiger partial charge in [-0.05, 0) is 83.8 Å². The van der Waals surface area contributed by atoms with Crippen LogP contribution in [0.15, 0.2) is 0 Å². The highest BCUT2D eigenvalue weighted by molar-refractivity contribution is 5.72. The van der Waals surface area contributed by atoms with Gasteiger partial charge in [-0.3, -0.25) is 19.2 Å². The number of carbonyl (C=O) groups excluding carboxylic acids is 3. The zero-order chi connectivity index (χ0) is 36.9. The summed E-state index contributed by atoms with van der Waals surface area (Å²) in [6, 6.07) is 0. The molecule has 1 amide bonds. The molecule has 0 aliphatic carbocycles. The first-order chi connectivity index (χ1) is 24.4. The van der Waals surface area contributed by atoms with Gasteiger partial charge in [0.15, 0.2) is 0 Å². The number of ether oxygens (including phenoxy) is 2. The molecule has 8 heteroatoms. The molecule has 0 spiro atoms. The molecular weight excluding hydrogens is 628 g/mol. The summed E-state index contributed by atoms with van der Waals surface area (Å²) in [4.78, 5) is 44.1.